The fourth-order valence-electron chi connectivity index (χ4n) is 2.32. The van der Waals surface area contributed by atoms with Crippen molar-refractivity contribution < 1.29 is 14.0 Å². The number of benzene rings is 1. The predicted molar refractivity (Wildman–Crippen MR) is 106 cm³/mol. The van der Waals surface area contributed by atoms with Crippen LogP contribution in [-0.4, -0.2) is 27.6 Å². The van der Waals surface area contributed by atoms with Crippen molar-refractivity contribution in [2.24, 2.45) is 0 Å². The topological polar surface area (TPSA) is 74.6 Å². The maximum absolute atomic E-state index is 12.4. The SMILES string of the molecule is O=C(CCCN1C(=O)C(=Cc2ccco2)SC1=S)NNc1ccccc1. The predicted octanol–water partition coefficient (Wildman–Crippen LogP) is 3.40. The van der Waals surface area contributed by atoms with Crippen LogP contribution >= 0.6 is 24.0 Å². The molecule has 0 spiro atoms. The molecule has 0 aliphatic carbocycles. The van der Waals surface area contributed by atoms with Crippen LogP contribution in [0.4, 0.5) is 5.69 Å². The van der Waals surface area contributed by atoms with Crippen molar-refractivity contribution in [3.05, 3.63) is 59.4 Å². The number of thioether (sulfide) groups is 1. The van der Waals surface area contributed by atoms with Gasteiger partial charge in [0.25, 0.3) is 5.91 Å². The zero-order valence-electron chi connectivity index (χ0n) is 13.8. The van der Waals surface area contributed by atoms with Crippen LogP contribution in [0.25, 0.3) is 6.08 Å². The molecule has 26 heavy (non-hydrogen) atoms. The summed E-state index contributed by atoms with van der Waals surface area (Å²) >= 11 is 6.51. The maximum atomic E-state index is 12.4. The zero-order chi connectivity index (χ0) is 18.4. The van der Waals surface area contributed by atoms with Crippen LogP contribution in [0.1, 0.15) is 18.6 Å². The lowest BCUT2D eigenvalue weighted by Gasteiger charge is -2.14. The number of carbonyl (C=O) groups is 2. The number of amides is 2. The summed E-state index contributed by atoms with van der Waals surface area (Å²) in [5, 5.41) is 0. The fraction of sp³-hybridized carbons (Fsp3) is 0.167. The summed E-state index contributed by atoms with van der Waals surface area (Å²) in [5.41, 5.74) is 6.28. The van der Waals surface area contributed by atoms with Crippen LogP contribution in [0.5, 0.6) is 0 Å². The highest BCUT2D eigenvalue weighted by Gasteiger charge is 2.31. The van der Waals surface area contributed by atoms with E-state index in [-0.39, 0.29) is 18.2 Å². The van der Waals surface area contributed by atoms with Crippen molar-refractivity contribution in [1.29, 1.82) is 0 Å². The molecule has 1 aliphatic heterocycles. The second-order valence-electron chi connectivity index (χ2n) is 5.49. The molecule has 0 bridgehead atoms. The number of rotatable bonds is 7. The van der Waals surface area contributed by atoms with Crippen LogP contribution < -0.4 is 10.9 Å². The van der Waals surface area contributed by atoms with Crippen LogP contribution in [0, 0.1) is 0 Å². The summed E-state index contributed by atoms with van der Waals surface area (Å²) in [5.74, 6) is 0.307. The smallest absolute Gasteiger partial charge is 0.266 e. The molecule has 3 rings (SSSR count). The average Bonchev–Trinajstić information content (AvgIpc) is 3.24. The highest BCUT2D eigenvalue weighted by Crippen LogP contribution is 2.32. The second-order valence-corrected chi connectivity index (χ2v) is 7.17. The number of hydrogen-bond donors (Lipinski definition) is 2. The molecule has 2 aromatic rings. The highest BCUT2D eigenvalue weighted by atomic mass is 32.2. The van der Waals surface area contributed by atoms with E-state index >= 15 is 0 Å². The number of furan rings is 1. The van der Waals surface area contributed by atoms with E-state index in [2.05, 4.69) is 10.9 Å². The van der Waals surface area contributed by atoms with Crippen LogP contribution in [0.2, 0.25) is 0 Å². The molecular formula is C18H17N3O3S2. The second kappa shape index (κ2) is 8.68. The first-order chi connectivity index (χ1) is 12.6. The molecule has 2 heterocycles. The summed E-state index contributed by atoms with van der Waals surface area (Å²) in [7, 11) is 0. The quantitative estimate of drug-likeness (QED) is 0.431. The third-order valence-electron chi connectivity index (χ3n) is 3.60. The summed E-state index contributed by atoms with van der Waals surface area (Å²) in [6, 6.07) is 12.9. The van der Waals surface area contributed by atoms with Crippen LogP contribution in [0.15, 0.2) is 58.1 Å². The Labute approximate surface area is 160 Å². The molecule has 1 aromatic heterocycles. The minimum atomic E-state index is -0.154. The average molecular weight is 387 g/mol. The molecule has 134 valence electrons. The standard InChI is InChI=1S/C18H17N3O3S2/c22-16(20-19-13-6-2-1-3-7-13)9-4-10-21-17(23)15(26-18(21)25)12-14-8-5-11-24-14/h1-3,5-8,11-12,19H,4,9-10H2,(H,20,22). The Morgan fingerprint density at radius 1 is 1.23 bits per heavy atom. The van der Waals surface area contributed by atoms with Crippen LogP contribution in [-0.2, 0) is 9.59 Å². The van der Waals surface area contributed by atoms with Gasteiger partial charge in [-0.25, -0.2) is 0 Å². The molecule has 6 nitrogen and oxygen atoms in total. The highest BCUT2D eigenvalue weighted by molar-refractivity contribution is 8.26. The molecule has 0 unspecified atom stereocenters. The van der Waals surface area contributed by atoms with Gasteiger partial charge in [-0.05, 0) is 30.7 Å². The Morgan fingerprint density at radius 2 is 2.04 bits per heavy atom. The normalized spacial score (nSPS) is 15.5. The zero-order valence-corrected chi connectivity index (χ0v) is 15.4. The van der Waals surface area contributed by atoms with Crippen molar-refractivity contribution in [2.45, 2.75) is 12.8 Å². The Morgan fingerprint density at radius 3 is 2.77 bits per heavy atom. The van der Waals surface area contributed by atoms with Gasteiger partial charge in [-0.15, -0.1) is 0 Å². The van der Waals surface area contributed by atoms with Crippen molar-refractivity contribution in [3.63, 3.8) is 0 Å². The van der Waals surface area contributed by atoms with E-state index in [1.807, 2.05) is 30.3 Å². The Bertz CT molecular complexity index is 819. The summed E-state index contributed by atoms with van der Waals surface area (Å²) in [4.78, 5) is 26.4. The van der Waals surface area contributed by atoms with E-state index in [1.165, 1.54) is 16.7 Å². The minimum absolute atomic E-state index is 0.148. The molecular weight excluding hydrogens is 370 g/mol. The molecule has 1 fully saturated rings. The number of carbonyl (C=O) groups excluding carboxylic acids is 2. The Balaban J connectivity index is 1.45. The molecule has 1 saturated heterocycles. The molecule has 2 N–H and O–H groups in total. The number of anilines is 1. The molecule has 0 saturated carbocycles. The molecule has 0 atom stereocenters. The lowest BCUT2D eigenvalue weighted by molar-refractivity contribution is -0.123. The van der Waals surface area contributed by atoms with Gasteiger partial charge in [0.1, 0.15) is 10.1 Å². The third-order valence-corrected chi connectivity index (χ3v) is 4.97. The van der Waals surface area contributed by atoms with E-state index in [9.17, 15) is 9.59 Å². The number of nitrogens with one attached hydrogen (secondary N) is 2. The molecule has 2 amide bonds. The van der Waals surface area contributed by atoms with E-state index < -0.39 is 0 Å². The molecule has 1 aliphatic rings. The fourth-order valence-corrected chi connectivity index (χ4v) is 3.61. The summed E-state index contributed by atoms with van der Waals surface area (Å²) in [6.07, 6.45) is 4.03. The van der Waals surface area contributed by atoms with Gasteiger partial charge in [0, 0.05) is 19.0 Å². The van der Waals surface area contributed by atoms with Crippen LogP contribution in [0.3, 0.4) is 0 Å². The van der Waals surface area contributed by atoms with Crippen molar-refractivity contribution in [3.8, 4) is 0 Å². The largest absolute Gasteiger partial charge is 0.465 e. The number of thiocarbonyl (C=S) groups is 1. The van der Waals surface area contributed by atoms with Gasteiger partial charge in [-0.3, -0.25) is 25.3 Å². The van der Waals surface area contributed by atoms with Crippen molar-refractivity contribution >= 4 is 51.9 Å². The van der Waals surface area contributed by atoms with Gasteiger partial charge >= 0.3 is 0 Å². The lowest BCUT2D eigenvalue weighted by Crippen LogP contribution is -2.32. The Hall–Kier alpha value is -2.58. The van der Waals surface area contributed by atoms with Gasteiger partial charge < -0.3 is 4.42 Å². The monoisotopic (exact) mass is 387 g/mol. The summed E-state index contributed by atoms with van der Waals surface area (Å²) in [6.45, 7) is 0.402. The van der Waals surface area contributed by atoms with Gasteiger partial charge in [0.15, 0.2) is 0 Å². The van der Waals surface area contributed by atoms with E-state index in [1.54, 1.807) is 24.5 Å². The van der Waals surface area contributed by atoms with E-state index in [0.29, 0.717) is 28.0 Å². The van der Waals surface area contributed by atoms with Gasteiger partial charge in [0.05, 0.1) is 16.9 Å². The van der Waals surface area contributed by atoms with E-state index in [4.69, 9.17) is 16.6 Å². The minimum Gasteiger partial charge on any atom is -0.465 e. The number of hydrogen-bond acceptors (Lipinski definition) is 6. The van der Waals surface area contributed by atoms with Crippen molar-refractivity contribution in [1.82, 2.24) is 10.3 Å². The summed E-state index contributed by atoms with van der Waals surface area (Å²) < 4.78 is 5.72. The molecule has 8 heteroatoms. The number of nitrogens with zero attached hydrogens (tertiary/aromatic N) is 1. The van der Waals surface area contributed by atoms with Gasteiger partial charge in [0.2, 0.25) is 5.91 Å². The first-order valence-corrected chi connectivity index (χ1v) is 9.25. The molecule has 0 radical (unpaired) electrons. The van der Waals surface area contributed by atoms with Gasteiger partial charge in [-0.2, -0.15) is 0 Å². The third kappa shape index (κ3) is 4.74. The number of hydrazine groups is 1. The molecule has 1 aromatic carbocycles. The van der Waals surface area contributed by atoms with E-state index in [0.717, 1.165) is 5.69 Å². The van der Waals surface area contributed by atoms with Gasteiger partial charge in [-0.1, -0.05) is 42.2 Å². The Kier molecular flexibility index (Phi) is 6.08. The first kappa shape index (κ1) is 18.2. The van der Waals surface area contributed by atoms with Crippen molar-refractivity contribution in [2.75, 3.05) is 12.0 Å². The first-order valence-electron chi connectivity index (χ1n) is 8.02. The lowest BCUT2D eigenvalue weighted by atomic mass is 10.2. The number of para-hydroxylation sites is 1. The maximum Gasteiger partial charge on any atom is 0.266 e.